The van der Waals surface area contributed by atoms with E-state index in [0.717, 1.165) is 23.4 Å². The van der Waals surface area contributed by atoms with E-state index in [2.05, 4.69) is 35.8 Å². The molecule has 0 radical (unpaired) electrons. The highest BCUT2D eigenvalue weighted by Crippen LogP contribution is 2.13. The molecule has 0 aliphatic carbocycles. The van der Waals surface area contributed by atoms with Crippen molar-refractivity contribution in [3.63, 3.8) is 0 Å². The van der Waals surface area contributed by atoms with Gasteiger partial charge < -0.3 is 5.32 Å². The van der Waals surface area contributed by atoms with Crippen LogP contribution in [0.25, 0.3) is 10.9 Å². The van der Waals surface area contributed by atoms with Crippen LogP contribution in [0, 0.1) is 0 Å². The van der Waals surface area contributed by atoms with Crippen LogP contribution in [0.15, 0.2) is 36.4 Å². The van der Waals surface area contributed by atoms with Crippen molar-refractivity contribution in [2.45, 2.75) is 12.5 Å². The molecule has 1 atom stereocenters. The predicted molar refractivity (Wildman–Crippen MR) is 76.7 cm³/mol. The number of para-hydroxylation sites is 1. The maximum atomic E-state index is 4.70. The van der Waals surface area contributed by atoms with Gasteiger partial charge in [-0.1, -0.05) is 24.3 Å². The summed E-state index contributed by atoms with van der Waals surface area (Å²) in [6.45, 7) is 0. The molecule has 0 bridgehead atoms. The molecular weight excluding hydrogens is 228 g/mol. The number of nitrogens with zero attached hydrogens (tertiary/aromatic N) is 1. The first-order chi connectivity index (χ1) is 8.33. The smallest absolute Gasteiger partial charge is 0.0705 e. The standard InChI is InChI=1S/C14H18N2S/c1-15-13(10-17-2)9-12-8-7-11-5-3-4-6-14(11)16-12/h3-8,13,15H,9-10H2,1-2H3. The number of fused-ring (bicyclic) bond motifs is 1. The Morgan fingerprint density at radius 3 is 2.82 bits per heavy atom. The third-order valence-electron chi connectivity index (χ3n) is 2.89. The van der Waals surface area contributed by atoms with E-state index >= 15 is 0 Å². The average molecular weight is 246 g/mol. The number of thioether (sulfide) groups is 1. The van der Waals surface area contributed by atoms with E-state index in [0.29, 0.717) is 6.04 Å². The molecule has 0 fully saturated rings. The molecular formula is C14H18N2S. The van der Waals surface area contributed by atoms with Gasteiger partial charge in [0.1, 0.15) is 0 Å². The zero-order valence-electron chi connectivity index (χ0n) is 10.3. The Morgan fingerprint density at radius 1 is 1.24 bits per heavy atom. The normalized spacial score (nSPS) is 12.8. The van der Waals surface area contributed by atoms with Gasteiger partial charge >= 0.3 is 0 Å². The molecule has 2 aromatic rings. The van der Waals surface area contributed by atoms with Gasteiger partial charge in [0.2, 0.25) is 0 Å². The van der Waals surface area contributed by atoms with Crippen LogP contribution in [0.5, 0.6) is 0 Å². The van der Waals surface area contributed by atoms with Crippen molar-refractivity contribution in [2.75, 3.05) is 19.1 Å². The van der Waals surface area contributed by atoms with Crippen molar-refractivity contribution in [1.82, 2.24) is 10.3 Å². The molecule has 0 saturated heterocycles. The molecule has 2 nitrogen and oxygen atoms in total. The van der Waals surface area contributed by atoms with Crippen molar-refractivity contribution >= 4 is 22.7 Å². The highest BCUT2D eigenvalue weighted by atomic mass is 32.2. The Kier molecular flexibility index (Phi) is 4.40. The van der Waals surface area contributed by atoms with E-state index in [1.54, 1.807) is 0 Å². The lowest BCUT2D eigenvalue weighted by molar-refractivity contribution is 0.610. The average Bonchev–Trinajstić information content (AvgIpc) is 2.38. The Bertz CT molecular complexity index is 484. The van der Waals surface area contributed by atoms with Crippen LogP contribution in [0.1, 0.15) is 5.69 Å². The number of hydrogen-bond acceptors (Lipinski definition) is 3. The summed E-state index contributed by atoms with van der Waals surface area (Å²) in [5.74, 6) is 1.12. The minimum absolute atomic E-state index is 0.499. The molecule has 90 valence electrons. The van der Waals surface area contributed by atoms with E-state index in [9.17, 15) is 0 Å². The second kappa shape index (κ2) is 6.03. The van der Waals surface area contributed by atoms with Crippen LogP contribution in [-0.2, 0) is 6.42 Å². The molecule has 0 aliphatic rings. The van der Waals surface area contributed by atoms with E-state index in [1.165, 1.54) is 5.39 Å². The lowest BCUT2D eigenvalue weighted by Crippen LogP contribution is -2.30. The maximum absolute atomic E-state index is 4.70. The molecule has 1 N–H and O–H groups in total. The van der Waals surface area contributed by atoms with Crippen LogP contribution >= 0.6 is 11.8 Å². The molecule has 1 aromatic carbocycles. The fourth-order valence-electron chi connectivity index (χ4n) is 1.92. The second-order valence-corrected chi connectivity index (χ2v) is 5.05. The van der Waals surface area contributed by atoms with Gasteiger partial charge in [0, 0.05) is 29.3 Å². The number of rotatable bonds is 5. The van der Waals surface area contributed by atoms with Crippen LogP contribution in [0.4, 0.5) is 0 Å². The van der Waals surface area contributed by atoms with Crippen molar-refractivity contribution in [3.8, 4) is 0 Å². The van der Waals surface area contributed by atoms with Gasteiger partial charge in [0.05, 0.1) is 5.52 Å². The summed E-state index contributed by atoms with van der Waals surface area (Å²) >= 11 is 1.87. The zero-order valence-corrected chi connectivity index (χ0v) is 11.1. The van der Waals surface area contributed by atoms with Crippen molar-refractivity contribution in [2.24, 2.45) is 0 Å². The van der Waals surface area contributed by atoms with E-state index < -0.39 is 0 Å². The highest BCUT2D eigenvalue weighted by molar-refractivity contribution is 7.98. The maximum Gasteiger partial charge on any atom is 0.0705 e. The summed E-state index contributed by atoms with van der Waals surface area (Å²) in [5.41, 5.74) is 2.25. The summed E-state index contributed by atoms with van der Waals surface area (Å²) in [6, 6.07) is 13.0. The van der Waals surface area contributed by atoms with E-state index in [-0.39, 0.29) is 0 Å². The third kappa shape index (κ3) is 3.20. The van der Waals surface area contributed by atoms with Crippen LogP contribution in [0.3, 0.4) is 0 Å². The van der Waals surface area contributed by atoms with Crippen LogP contribution < -0.4 is 5.32 Å². The molecule has 1 aromatic heterocycles. The number of likely N-dealkylation sites (N-methyl/N-ethyl adjacent to an activating group) is 1. The lowest BCUT2D eigenvalue weighted by Gasteiger charge is -2.14. The Labute approximate surface area is 107 Å². The number of benzene rings is 1. The summed E-state index contributed by atoms with van der Waals surface area (Å²) in [7, 11) is 2.02. The number of hydrogen-bond donors (Lipinski definition) is 1. The predicted octanol–water partition coefficient (Wildman–Crippen LogP) is 2.73. The molecule has 1 unspecified atom stereocenters. The van der Waals surface area contributed by atoms with E-state index in [4.69, 9.17) is 4.98 Å². The largest absolute Gasteiger partial charge is 0.316 e. The monoisotopic (exact) mass is 246 g/mol. The summed E-state index contributed by atoms with van der Waals surface area (Å²) in [4.78, 5) is 4.70. The topological polar surface area (TPSA) is 24.9 Å². The highest BCUT2D eigenvalue weighted by Gasteiger charge is 2.07. The molecule has 0 aliphatic heterocycles. The van der Waals surface area contributed by atoms with Gasteiger partial charge in [0.25, 0.3) is 0 Å². The zero-order chi connectivity index (χ0) is 12.1. The minimum atomic E-state index is 0.499. The molecule has 2 rings (SSSR count). The second-order valence-electron chi connectivity index (χ2n) is 4.14. The number of nitrogens with one attached hydrogen (secondary N) is 1. The quantitative estimate of drug-likeness (QED) is 0.878. The molecule has 1 heterocycles. The summed E-state index contributed by atoms with van der Waals surface area (Å²) < 4.78 is 0. The van der Waals surface area contributed by atoms with Gasteiger partial charge in [-0.3, -0.25) is 4.98 Å². The van der Waals surface area contributed by atoms with Crippen molar-refractivity contribution in [1.29, 1.82) is 0 Å². The van der Waals surface area contributed by atoms with Crippen molar-refractivity contribution in [3.05, 3.63) is 42.1 Å². The Hall–Kier alpha value is -1.06. The Balaban J connectivity index is 2.18. The third-order valence-corrected chi connectivity index (χ3v) is 3.62. The van der Waals surface area contributed by atoms with Crippen LogP contribution in [-0.4, -0.2) is 30.1 Å². The summed E-state index contributed by atoms with van der Waals surface area (Å²) in [6.07, 6.45) is 3.13. The molecule has 17 heavy (non-hydrogen) atoms. The lowest BCUT2D eigenvalue weighted by atomic mass is 10.1. The van der Waals surface area contributed by atoms with E-state index in [1.807, 2.05) is 30.9 Å². The first-order valence-electron chi connectivity index (χ1n) is 5.84. The molecule has 0 saturated carbocycles. The van der Waals surface area contributed by atoms with Gasteiger partial charge in [-0.15, -0.1) is 0 Å². The van der Waals surface area contributed by atoms with Gasteiger partial charge in [-0.05, 0) is 25.4 Å². The summed E-state index contributed by atoms with van der Waals surface area (Å²) in [5, 5.41) is 4.55. The molecule has 0 spiro atoms. The minimum Gasteiger partial charge on any atom is -0.316 e. The number of aromatic nitrogens is 1. The van der Waals surface area contributed by atoms with Crippen LogP contribution in [0.2, 0.25) is 0 Å². The first kappa shape index (κ1) is 12.4. The number of pyridine rings is 1. The van der Waals surface area contributed by atoms with Gasteiger partial charge in [0.15, 0.2) is 0 Å². The molecule has 0 amide bonds. The first-order valence-corrected chi connectivity index (χ1v) is 7.23. The fourth-order valence-corrected chi connectivity index (χ4v) is 2.61. The SMILES string of the molecule is CNC(CSC)Cc1ccc2ccccc2n1. The fraction of sp³-hybridized carbons (Fsp3) is 0.357. The van der Waals surface area contributed by atoms with Gasteiger partial charge in [-0.2, -0.15) is 11.8 Å². The Morgan fingerprint density at radius 2 is 2.06 bits per heavy atom. The molecule has 3 heteroatoms. The van der Waals surface area contributed by atoms with Crippen molar-refractivity contribution < 1.29 is 0 Å². The van der Waals surface area contributed by atoms with Gasteiger partial charge in [-0.25, -0.2) is 0 Å².